The van der Waals surface area contributed by atoms with Crippen LogP contribution in [-0.2, 0) is 11.2 Å². The van der Waals surface area contributed by atoms with Gasteiger partial charge in [0.2, 0.25) is 0 Å². The van der Waals surface area contributed by atoms with Crippen LogP contribution in [0.5, 0.6) is 0 Å². The Labute approximate surface area is 121 Å². The molecule has 0 aromatic heterocycles. The molecule has 0 heterocycles. The monoisotopic (exact) mass is 278 g/mol. The third-order valence-corrected chi connectivity index (χ3v) is 2.63. The van der Waals surface area contributed by atoms with Gasteiger partial charge in [-0.3, -0.25) is 0 Å². The summed E-state index contributed by atoms with van der Waals surface area (Å²) in [5.41, 5.74) is 0.925. The summed E-state index contributed by atoms with van der Waals surface area (Å²) < 4.78 is 5.15. The standard InChI is InChI=1S/C16H26N2O2/c1-16(2,3)20-15(19)18-13-12-17-11-7-10-14-8-5-4-6-9-14/h4-6,8-9,17H,7,10-13H2,1-3H3,(H,18,19). The average Bonchev–Trinajstić information content (AvgIpc) is 2.37. The summed E-state index contributed by atoms with van der Waals surface area (Å²) in [7, 11) is 0. The second-order valence-corrected chi connectivity index (χ2v) is 5.77. The van der Waals surface area contributed by atoms with E-state index < -0.39 is 5.60 Å². The van der Waals surface area contributed by atoms with Gasteiger partial charge in [-0.15, -0.1) is 0 Å². The van der Waals surface area contributed by atoms with Crippen molar-refractivity contribution in [2.75, 3.05) is 19.6 Å². The van der Waals surface area contributed by atoms with Gasteiger partial charge in [0, 0.05) is 13.1 Å². The lowest BCUT2D eigenvalue weighted by Crippen LogP contribution is -2.36. The van der Waals surface area contributed by atoms with E-state index in [1.54, 1.807) is 0 Å². The number of rotatable bonds is 7. The molecular formula is C16H26N2O2. The SMILES string of the molecule is CC(C)(C)OC(=O)NCCNCCCc1ccccc1. The summed E-state index contributed by atoms with van der Waals surface area (Å²) in [5, 5.41) is 6.03. The minimum Gasteiger partial charge on any atom is -0.444 e. The first-order valence-electron chi connectivity index (χ1n) is 7.19. The molecule has 0 radical (unpaired) electrons. The topological polar surface area (TPSA) is 50.4 Å². The number of ether oxygens (including phenoxy) is 1. The molecule has 0 unspecified atom stereocenters. The summed E-state index contributed by atoms with van der Waals surface area (Å²) in [6.45, 7) is 7.86. The molecule has 0 atom stereocenters. The summed E-state index contributed by atoms with van der Waals surface area (Å²) in [6, 6.07) is 10.4. The number of aryl methyl sites for hydroxylation is 1. The van der Waals surface area contributed by atoms with E-state index in [1.807, 2.05) is 26.8 Å². The summed E-state index contributed by atoms with van der Waals surface area (Å²) in [6.07, 6.45) is 1.81. The number of nitrogens with one attached hydrogen (secondary N) is 2. The van der Waals surface area contributed by atoms with Crippen LogP contribution in [0.4, 0.5) is 4.79 Å². The molecule has 20 heavy (non-hydrogen) atoms. The molecule has 0 bridgehead atoms. The molecule has 4 nitrogen and oxygen atoms in total. The molecule has 0 aliphatic rings. The smallest absolute Gasteiger partial charge is 0.407 e. The zero-order valence-electron chi connectivity index (χ0n) is 12.7. The molecule has 0 saturated heterocycles. The molecule has 112 valence electrons. The Morgan fingerprint density at radius 2 is 1.80 bits per heavy atom. The molecule has 0 fully saturated rings. The molecule has 4 heteroatoms. The number of carbonyl (C=O) groups excluding carboxylic acids is 1. The van der Waals surface area contributed by atoms with Gasteiger partial charge in [0.1, 0.15) is 5.60 Å². The first-order valence-corrected chi connectivity index (χ1v) is 7.19. The second-order valence-electron chi connectivity index (χ2n) is 5.77. The van der Waals surface area contributed by atoms with Crippen LogP contribution in [0.3, 0.4) is 0 Å². The number of benzene rings is 1. The van der Waals surface area contributed by atoms with Crippen LogP contribution >= 0.6 is 0 Å². The third-order valence-electron chi connectivity index (χ3n) is 2.63. The van der Waals surface area contributed by atoms with Crippen molar-refractivity contribution < 1.29 is 9.53 Å². The van der Waals surface area contributed by atoms with Gasteiger partial charge in [-0.1, -0.05) is 30.3 Å². The van der Waals surface area contributed by atoms with E-state index in [2.05, 4.69) is 34.9 Å². The zero-order valence-corrected chi connectivity index (χ0v) is 12.7. The first-order chi connectivity index (χ1) is 9.47. The van der Waals surface area contributed by atoms with Crippen molar-refractivity contribution in [2.24, 2.45) is 0 Å². The molecule has 1 aromatic rings. The minimum atomic E-state index is -0.437. The summed E-state index contributed by atoms with van der Waals surface area (Å²) in [5.74, 6) is 0. The van der Waals surface area contributed by atoms with Gasteiger partial charge in [0.05, 0.1) is 0 Å². The molecule has 0 spiro atoms. The van der Waals surface area contributed by atoms with Crippen LogP contribution < -0.4 is 10.6 Å². The average molecular weight is 278 g/mol. The maximum Gasteiger partial charge on any atom is 0.407 e. The number of alkyl carbamates (subject to hydrolysis) is 1. The Morgan fingerprint density at radius 1 is 1.10 bits per heavy atom. The number of carbonyl (C=O) groups is 1. The molecule has 0 aliphatic heterocycles. The maximum absolute atomic E-state index is 11.4. The maximum atomic E-state index is 11.4. The Bertz CT molecular complexity index is 385. The van der Waals surface area contributed by atoms with Crippen molar-refractivity contribution in [1.29, 1.82) is 0 Å². The Balaban J connectivity index is 1.96. The number of amides is 1. The molecule has 2 N–H and O–H groups in total. The van der Waals surface area contributed by atoms with Crippen molar-refractivity contribution in [3.05, 3.63) is 35.9 Å². The van der Waals surface area contributed by atoms with Crippen molar-refractivity contribution >= 4 is 6.09 Å². The molecule has 0 saturated carbocycles. The van der Waals surface area contributed by atoms with Crippen molar-refractivity contribution in [1.82, 2.24) is 10.6 Å². The highest BCUT2D eigenvalue weighted by atomic mass is 16.6. The van der Waals surface area contributed by atoms with E-state index in [0.29, 0.717) is 6.54 Å². The van der Waals surface area contributed by atoms with Crippen molar-refractivity contribution in [2.45, 2.75) is 39.2 Å². The Hall–Kier alpha value is -1.55. The zero-order chi connectivity index (χ0) is 14.8. The molecule has 0 aliphatic carbocycles. The van der Waals surface area contributed by atoms with Crippen LogP contribution in [0, 0.1) is 0 Å². The predicted molar refractivity (Wildman–Crippen MR) is 81.9 cm³/mol. The van der Waals surface area contributed by atoms with Gasteiger partial charge in [0.25, 0.3) is 0 Å². The quantitative estimate of drug-likeness (QED) is 0.754. The van der Waals surface area contributed by atoms with E-state index in [4.69, 9.17) is 4.74 Å². The van der Waals surface area contributed by atoms with E-state index >= 15 is 0 Å². The highest BCUT2D eigenvalue weighted by molar-refractivity contribution is 5.67. The summed E-state index contributed by atoms with van der Waals surface area (Å²) >= 11 is 0. The van der Waals surface area contributed by atoms with Crippen LogP contribution in [0.2, 0.25) is 0 Å². The second kappa shape index (κ2) is 8.59. The number of hydrogen-bond donors (Lipinski definition) is 2. The Morgan fingerprint density at radius 3 is 2.45 bits per heavy atom. The number of hydrogen-bond acceptors (Lipinski definition) is 3. The fourth-order valence-electron chi connectivity index (χ4n) is 1.75. The normalized spacial score (nSPS) is 11.2. The highest BCUT2D eigenvalue weighted by Crippen LogP contribution is 2.06. The molecule has 1 amide bonds. The lowest BCUT2D eigenvalue weighted by molar-refractivity contribution is 0.0528. The predicted octanol–water partition coefficient (Wildman–Crippen LogP) is 2.73. The molecule has 1 rings (SSSR count). The van der Waals surface area contributed by atoms with Crippen molar-refractivity contribution in [3.63, 3.8) is 0 Å². The van der Waals surface area contributed by atoms with Gasteiger partial charge < -0.3 is 15.4 Å². The van der Waals surface area contributed by atoms with E-state index in [-0.39, 0.29) is 6.09 Å². The molecular weight excluding hydrogens is 252 g/mol. The lowest BCUT2D eigenvalue weighted by Gasteiger charge is -2.19. The summed E-state index contributed by atoms with van der Waals surface area (Å²) in [4.78, 5) is 11.4. The van der Waals surface area contributed by atoms with Crippen LogP contribution in [0.15, 0.2) is 30.3 Å². The Kier molecular flexibility index (Phi) is 7.09. The largest absolute Gasteiger partial charge is 0.444 e. The fourth-order valence-corrected chi connectivity index (χ4v) is 1.75. The van der Waals surface area contributed by atoms with Crippen LogP contribution in [0.25, 0.3) is 0 Å². The lowest BCUT2D eigenvalue weighted by atomic mass is 10.1. The van der Waals surface area contributed by atoms with Crippen LogP contribution in [0.1, 0.15) is 32.8 Å². The third kappa shape index (κ3) is 8.53. The molecule has 1 aromatic carbocycles. The minimum absolute atomic E-state index is 0.358. The van der Waals surface area contributed by atoms with E-state index in [1.165, 1.54) is 5.56 Å². The van der Waals surface area contributed by atoms with Crippen molar-refractivity contribution in [3.8, 4) is 0 Å². The van der Waals surface area contributed by atoms with Crippen LogP contribution in [-0.4, -0.2) is 31.3 Å². The van der Waals surface area contributed by atoms with Gasteiger partial charge in [0.15, 0.2) is 0 Å². The fraction of sp³-hybridized carbons (Fsp3) is 0.562. The van der Waals surface area contributed by atoms with Gasteiger partial charge in [-0.05, 0) is 45.7 Å². The highest BCUT2D eigenvalue weighted by Gasteiger charge is 2.15. The van der Waals surface area contributed by atoms with Gasteiger partial charge in [-0.2, -0.15) is 0 Å². The first kappa shape index (κ1) is 16.5. The van der Waals surface area contributed by atoms with Gasteiger partial charge >= 0.3 is 6.09 Å². The van der Waals surface area contributed by atoms with E-state index in [0.717, 1.165) is 25.9 Å². The van der Waals surface area contributed by atoms with E-state index in [9.17, 15) is 4.79 Å². The van der Waals surface area contributed by atoms with Gasteiger partial charge in [-0.25, -0.2) is 4.79 Å².